The van der Waals surface area contributed by atoms with Gasteiger partial charge in [0.1, 0.15) is 0 Å². The Hall–Kier alpha value is -0.0800. The Morgan fingerprint density at radius 3 is 3.00 bits per heavy atom. The summed E-state index contributed by atoms with van der Waals surface area (Å²) >= 11 is 0. The van der Waals surface area contributed by atoms with E-state index in [9.17, 15) is 0 Å². The molecule has 11 heavy (non-hydrogen) atoms. The third-order valence-electron chi connectivity index (χ3n) is 2.14. The van der Waals surface area contributed by atoms with Crippen molar-refractivity contribution in [1.29, 1.82) is 0 Å². The van der Waals surface area contributed by atoms with Gasteiger partial charge in [-0.15, -0.1) is 0 Å². The van der Waals surface area contributed by atoms with E-state index in [2.05, 4.69) is 19.2 Å². The highest BCUT2D eigenvalue weighted by Gasteiger charge is 2.16. The van der Waals surface area contributed by atoms with Gasteiger partial charge in [-0.05, 0) is 26.3 Å². The molecule has 0 radical (unpaired) electrons. The lowest BCUT2D eigenvalue weighted by Gasteiger charge is -2.16. The van der Waals surface area contributed by atoms with Crippen LogP contribution < -0.4 is 5.32 Å². The Labute approximate surface area is 69.3 Å². The van der Waals surface area contributed by atoms with Gasteiger partial charge in [-0.25, -0.2) is 0 Å². The first kappa shape index (κ1) is 9.01. The van der Waals surface area contributed by atoms with E-state index in [1.807, 2.05) is 0 Å². The fraction of sp³-hybridized carbons (Fsp3) is 1.00. The number of hydrogen-bond acceptors (Lipinski definition) is 2. The minimum Gasteiger partial charge on any atom is -0.374 e. The zero-order valence-corrected chi connectivity index (χ0v) is 7.60. The maximum absolute atomic E-state index is 5.79. The molecule has 0 bridgehead atoms. The number of ether oxygens (including phenoxy) is 1. The van der Waals surface area contributed by atoms with Crippen LogP contribution in [0.3, 0.4) is 0 Å². The van der Waals surface area contributed by atoms with E-state index in [0.717, 1.165) is 13.1 Å². The second kappa shape index (κ2) is 4.73. The first-order chi connectivity index (χ1) is 5.33. The molecule has 2 nitrogen and oxygen atoms in total. The molecule has 0 aromatic rings. The van der Waals surface area contributed by atoms with Gasteiger partial charge in [-0.1, -0.05) is 13.3 Å². The summed E-state index contributed by atoms with van der Waals surface area (Å²) in [7, 11) is 0. The largest absolute Gasteiger partial charge is 0.374 e. The van der Waals surface area contributed by atoms with Crippen molar-refractivity contribution in [2.24, 2.45) is 0 Å². The predicted molar refractivity (Wildman–Crippen MR) is 46.7 cm³/mol. The molecule has 0 aromatic carbocycles. The standard InChI is InChI=1S/C9H19NO/c1-3-4-8(2)11-9-5-6-10-7-9/h8-10H,3-7H2,1-2H3. The van der Waals surface area contributed by atoms with Gasteiger partial charge in [-0.3, -0.25) is 0 Å². The topological polar surface area (TPSA) is 21.3 Å². The fourth-order valence-corrected chi connectivity index (χ4v) is 1.55. The quantitative estimate of drug-likeness (QED) is 0.668. The van der Waals surface area contributed by atoms with E-state index in [1.165, 1.54) is 19.3 Å². The lowest BCUT2D eigenvalue weighted by molar-refractivity contribution is 0.00497. The van der Waals surface area contributed by atoms with E-state index in [4.69, 9.17) is 4.74 Å². The lowest BCUT2D eigenvalue weighted by atomic mass is 10.2. The summed E-state index contributed by atoms with van der Waals surface area (Å²) in [5.41, 5.74) is 0. The van der Waals surface area contributed by atoms with Crippen LogP contribution in [0.15, 0.2) is 0 Å². The van der Waals surface area contributed by atoms with Gasteiger partial charge in [0.25, 0.3) is 0 Å². The van der Waals surface area contributed by atoms with E-state index < -0.39 is 0 Å². The van der Waals surface area contributed by atoms with Crippen molar-refractivity contribution >= 4 is 0 Å². The van der Waals surface area contributed by atoms with E-state index >= 15 is 0 Å². The van der Waals surface area contributed by atoms with Crippen LogP contribution in [0.5, 0.6) is 0 Å². The minimum absolute atomic E-state index is 0.449. The van der Waals surface area contributed by atoms with Crippen molar-refractivity contribution in [3.63, 3.8) is 0 Å². The number of rotatable bonds is 4. The summed E-state index contributed by atoms with van der Waals surface area (Å²) in [5.74, 6) is 0. The third-order valence-corrected chi connectivity index (χ3v) is 2.14. The second-order valence-corrected chi connectivity index (χ2v) is 3.35. The first-order valence-electron chi connectivity index (χ1n) is 4.69. The SMILES string of the molecule is CCCC(C)OC1CCNC1. The van der Waals surface area contributed by atoms with Crippen molar-refractivity contribution < 1.29 is 4.74 Å². The molecule has 0 spiro atoms. The van der Waals surface area contributed by atoms with Crippen LogP contribution >= 0.6 is 0 Å². The highest BCUT2D eigenvalue weighted by atomic mass is 16.5. The van der Waals surface area contributed by atoms with Gasteiger partial charge in [0, 0.05) is 6.54 Å². The van der Waals surface area contributed by atoms with Crippen LogP contribution in [-0.4, -0.2) is 25.3 Å². The molecule has 1 N–H and O–H groups in total. The highest BCUT2D eigenvalue weighted by molar-refractivity contribution is 4.72. The summed E-state index contributed by atoms with van der Waals surface area (Å²) in [4.78, 5) is 0. The maximum atomic E-state index is 5.79. The second-order valence-electron chi connectivity index (χ2n) is 3.35. The molecule has 1 fully saturated rings. The van der Waals surface area contributed by atoms with Crippen LogP contribution in [0.4, 0.5) is 0 Å². The molecule has 1 rings (SSSR count). The molecule has 1 saturated heterocycles. The Morgan fingerprint density at radius 1 is 1.64 bits per heavy atom. The molecule has 0 saturated carbocycles. The van der Waals surface area contributed by atoms with Crippen LogP contribution in [0, 0.1) is 0 Å². The van der Waals surface area contributed by atoms with Crippen LogP contribution in [0.1, 0.15) is 33.1 Å². The molecule has 2 atom stereocenters. The molecule has 66 valence electrons. The van der Waals surface area contributed by atoms with Crippen molar-refractivity contribution in [3.8, 4) is 0 Å². The summed E-state index contributed by atoms with van der Waals surface area (Å²) in [6, 6.07) is 0. The Morgan fingerprint density at radius 2 is 2.45 bits per heavy atom. The van der Waals surface area contributed by atoms with E-state index in [1.54, 1.807) is 0 Å². The van der Waals surface area contributed by atoms with Crippen LogP contribution in [0.25, 0.3) is 0 Å². The average molecular weight is 157 g/mol. The van der Waals surface area contributed by atoms with Gasteiger partial charge in [0.2, 0.25) is 0 Å². The van der Waals surface area contributed by atoms with Crippen LogP contribution in [-0.2, 0) is 4.74 Å². The van der Waals surface area contributed by atoms with E-state index in [0.29, 0.717) is 12.2 Å². The van der Waals surface area contributed by atoms with Crippen molar-refractivity contribution in [1.82, 2.24) is 5.32 Å². The van der Waals surface area contributed by atoms with Gasteiger partial charge < -0.3 is 10.1 Å². The van der Waals surface area contributed by atoms with E-state index in [-0.39, 0.29) is 0 Å². The van der Waals surface area contributed by atoms with Gasteiger partial charge >= 0.3 is 0 Å². The molecular weight excluding hydrogens is 138 g/mol. The molecule has 0 amide bonds. The summed E-state index contributed by atoms with van der Waals surface area (Å²) in [6.07, 6.45) is 4.53. The Balaban J connectivity index is 2.08. The van der Waals surface area contributed by atoms with Gasteiger partial charge in [0.15, 0.2) is 0 Å². The third kappa shape index (κ3) is 3.21. The highest BCUT2D eigenvalue weighted by Crippen LogP contribution is 2.09. The Bertz CT molecular complexity index is 99.7. The summed E-state index contributed by atoms with van der Waals surface area (Å²) in [6.45, 7) is 6.55. The minimum atomic E-state index is 0.449. The molecule has 2 heteroatoms. The summed E-state index contributed by atoms with van der Waals surface area (Å²) < 4.78 is 5.79. The number of hydrogen-bond donors (Lipinski definition) is 1. The molecule has 0 aromatic heterocycles. The number of nitrogens with one attached hydrogen (secondary N) is 1. The molecular formula is C9H19NO. The van der Waals surface area contributed by atoms with Gasteiger partial charge in [0.05, 0.1) is 12.2 Å². The molecule has 1 aliphatic heterocycles. The zero-order valence-electron chi connectivity index (χ0n) is 7.60. The normalized spacial score (nSPS) is 27.3. The monoisotopic (exact) mass is 157 g/mol. The zero-order chi connectivity index (χ0) is 8.10. The Kier molecular flexibility index (Phi) is 3.87. The average Bonchev–Trinajstić information content (AvgIpc) is 2.40. The molecule has 0 aliphatic carbocycles. The smallest absolute Gasteiger partial charge is 0.0715 e. The van der Waals surface area contributed by atoms with Gasteiger partial charge in [-0.2, -0.15) is 0 Å². The fourth-order valence-electron chi connectivity index (χ4n) is 1.55. The first-order valence-corrected chi connectivity index (χ1v) is 4.69. The summed E-state index contributed by atoms with van der Waals surface area (Å²) in [5, 5.41) is 3.29. The molecule has 1 heterocycles. The van der Waals surface area contributed by atoms with Crippen molar-refractivity contribution in [3.05, 3.63) is 0 Å². The molecule has 1 aliphatic rings. The van der Waals surface area contributed by atoms with Crippen molar-refractivity contribution in [2.75, 3.05) is 13.1 Å². The lowest BCUT2D eigenvalue weighted by Crippen LogP contribution is -2.22. The van der Waals surface area contributed by atoms with Crippen LogP contribution in [0.2, 0.25) is 0 Å². The predicted octanol–water partition coefficient (Wildman–Crippen LogP) is 1.55. The molecule has 2 unspecified atom stereocenters. The van der Waals surface area contributed by atoms with Crippen molar-refractivity contribution in [2.45, 2.75) is 45.3 Å². The maximum Gasteiger partial charge on any atom is 0.0715 e.